The molecule has 27 heavy (non-hydrogen) atoms. The van der Waals surface area contributed by atoms with Crippen molar-refractivity contribution in [3.63, 3.8) is 0 Å². The predicted octanol–water partition coefficient (Wildman–Crippen LogP) is 3.07. The van der Waals surface area contributed by atoms with Crippen molar-refractivity contribution >= 4 is 11.8 Å². The molecule has 0 aromatic heterocycles. The molecule has 6 nitrogen and oxygen atoms in total. The van der Waals surface area contributed by atoms with E-state index in [0.717, 1.165) is 12.0 Å². The van der Waals surface area contributed by atoms with Gasteiger partial charge in [-0.1, -0.05) is 51.1 Å². The SMILES string of the molecule is CC(C)(C)C(=O)N1Cc2ccc(C(=O)NO)cc2OC[C@@H]1C1C=CC=CC1. The third-order valence-electron chi connectivity index (χ3n) is 4.99. The average molecular weight is 370 g/mol. The Morgan fingerprint density at radius 3 is 2.67 bits per heavy atom. The van der Waals surface area contributed by atoms with E-state index in [0.29, 0.717) is 24.5 Å². The Labute approximate surface area is 159 Å². The van der Waals surface area contributed by atoms with Crippen LogP contribution in [0.15, 0.2) is 42.5 Å². The summed E-state index contributed by atoms with van der Waals surface area (Å²) in [7, 11) is 0. The number of hydrogen-bond acceptors (Lipinski definition) is 4. The van der Waals surface area contributed by atoms with Crippen molar-refractivity contribution in [3.05, 3.63) is 53.6 Å². The molecule has 0 saturated carbocycles. The maximum atomic E-state index is 13.2. The second-order valence-corrected chi connectivity index (χ2v) is 8.04. The van der Waals surface area contributed by atoms with Gasteiger partial charge in [-0.2, -0.15) is 0 Å². The molecule has 3 rings (SSSR count). The van der Waals surface area contributed by atoms with Gasteiger partial charge in [0, 0.05) is 29.0 Å². The van der Waals surface area contributed by atoms with E-state index in [1.54, 1.807) is 23.7 Å². The Kier molecular flexibility index (Phi) is 5.37. The van der Waals surface area contributed by atoms with Crippen molar-refractivity contribution in [1.29, 1.82) is 0 Å². The predicted molar refractivity (Wildman–Crippen MR) is 101 cm³/mol. The minimum absolute atomic E-state index is 0.0732. The fourth-order valence-corrected chi connectivity index (χ4v) is 3.48. The molecule has 2 atom stereocenters. The van der Waals surface area contributed by atoms with Gasteiger partial charge in [0.05, 0.1) is 6.04 Å². The highest BCUT2D eigenvalue weighted by molar-refractivity contribution is 5.93. The minimum Gasteiger partial charge on any atom is -0.491 e. The summed E-state index contributed by atoms with van der Waals surface area (Å²) in [5.41, 5.74) is 2.29. The molecule has 2 aliphatic rings. The number of rotatable bonds is 2. The van der Waals surface area contributed by atoms with Gasteiger partial charge >= 0.3 is 0 Å². The highest BCUT2D eigenvalue weighted by atomic mass is 16.5. The third-order valence-corrected chi connectivity index (χ3v) is 4.99. The highest BCUT2D eigenvalue weighted by Crippen LogP contribution is 2.33. The maximum absolute atomic E-state index is 13.2. The molecule has 0 saturated heterocycles. The van der Waals surface area contributed by atoms with Crippen molar-refractivity contribution in [3.8, 4) is 5.75 Å². The van der Waals surface area contributed by atoms with Gasteiger partial charge in [-0.3, -0.25) is 14.8 Å². The molecule has 1 aromatic carbocycles. The first kappa shape index (κ1) is 19.2. The zero-order chi connectivity index (χ0) is 19.6. The number of nitrogens with zero attached hydrogens (tertiary/aromatic N) is 1. The second kappa shape index (κ2) is 7.56. The summed E-state index contributed by atoms with van der Waals surface area (Å²) < 4.78 is 6.03. The zero-order valence-electron chi connectivity index (χ0n) is 15.9. The molecular formula is C21H26N2O4. The number of nitrogens with one attached hydrogen (secondary N) is 1. The molecule has 1 heterocycles. The summed E-state index contributed by atoms with van der Waals surface area (Å²) in [5, 5.41) is 8.86. The van der Waals surface area contributed by atoms with Crippen LogP contribution in [-0.2, 0) is 11.3 Å². The Hall–Kier alpha value is -2.60. The first-order valence-corrected chi connectivity index (χ1v) is 9.16. The van der Waals surface area contributed by atoms with Gasteiger partial charge in [0.25, 0.3) is 5.91 Å². The highest BCUT2D eigenvalue weighted by Gasteiger charge is 2.37. The van der Waals surface area contributed by atoms with Crippen LogP contribution in [0.3, 0.4) is 0 Å². The van der Waals surface area contributed by atoms with E-state index in [1.165, 1.54) is 0 Å². The summed E-state index contributed by atoms with van der Waals surface area (Å²) in [5.74, 6) is 0.228. The number of hydrogen-bond donors (Lipinski definition) is 2. The first-order chi connectivity index (χ1) is 12.8. The van der Waals surface area contributed by atoms with Crippen molar-refractivity contribution in [2.45, 2.75) is 39.8 Å². The van der Waals surface area contributed by atoms with Crippen LogP contribution < -0.4 is 10.2 Å². The Bertz CT molecular complexity index is 792. The van der Waals surface area contributed by atoms with Crippen molar-refractivity contribution in [1.82, 2.24) is 10.4 Å². The maximum Gasteiger partial charge on any atom is 0.274 e. The fraction of sp³-hybridized carbons (Fsp3) is 0.429. The lowest BCUT2D eigenvalue weighted by molar-refractivity contribution is -0.144. The topological polar surface area (TPSA) is 78.9 Å². The van der Waals surface area contributed by atoms with Crippen molar-refractivity contribution in [2.24, 2.45) is 11.3 Å². The number of carbonyl (C=O) groups is 2. The number of amides is 2. The molecule has 1 unspecified atom stereocenters. The van der Waals surface area contributed by atoms with Crippen LogP contribution in [0.1, 0.15) is 43.1 Å². The summed E-state index contributed by atoms with van der Waals surface area (Å²) in [6.45, 7) is 6.53. The summed E-state index contributed by atoms with van der Waals surface area (Å²) >= 11 is 0. The number of ether oxygens (including phenoxy) is 1. The second-order valence-electron chi connectivity index (χ2n) is 8.04. The van der Waals surface area contributed by atoms with Crippen LogP contribution >= 0.6 is 0 Å². The lowest BCUT2D eigenvalue weighted by atomic mass is 9.88. The van der Waals surface area contributed by atoms with Gasteiger partial charge in [0.1, 0.15) is 12.4 Å². The first-order valence-electron chi connectivity index (χ1n) is 9.16. The summed E-state index contributed by atoms with van der Waals surface area (Å²) in [4.78, 5) is 26.8. The summed E-state index contributed by atoms with van der Waals surface area (Å²) in [6, 6.07) is 4.92. The molecule has 0 bridgehead atoms. The van der Waals surface area contributed by atoms with E-state index in [1.807, 2.05) is 37.8 Å². The molecule has 1 aliphatic carbocycles. The molecule has 1 aromatic rings. The molecular weight excluding hydrogens is 344 g/mol. The van der Waals surface area contributed by atoms with Crippen LogP contribution in [0.4, 0.5) is 0 Å². The van der Waals surface area contributed by atoms with Gasteiger partial charge < -0.3 is 9.64 Å². The normalized spacial score (nSPS) is 21.9. The van der Waals surface area contributed by atoms with Crippen LogP contribution in [0, 0.1) is 11.3 Å². The van der Waals surface area contributed by atoms with E-state index in [2.05, 4.69) is 12.2 Å². The number of carbonyl (C=O) groups excluding carboxylic acids is 2. The molecule has 2 amide bonds. The molecule has 0 spiro atoms. The minimum atomic E-state index is -0.592. The Balaban J connectivity index is 1.96. The average Bonchev–Trinajstić information content (AvgIpc) is 2.85. The van der Waals surface area contributed by atoms with Crippen LogP contribution in [0.25, 0.3) is 0 Å². The lowest BCUT2D eigenvalue weighted by Crippen LogP contribution is -2.49. The van der Waals surface area contributed by atoms with Gasteiger partial charge in [-0.15, -0.1) is 0 Å². The zero-order valence-corrected chi connectivity index (χ0v) is 15.9. The van der Waals surface area contributed by atoms with Gasteiger partial charge in [-0.05, 0) is 18.6 Å². The van der Waals surface area contributed by atoms with Gasteiger partial charge in [0.15, 0.2) is 0 Å². The number of hydroxylamine groups is 1. The summed E-state index contributed by atoms with van der Waals surface area (Å²) in [6.07, 6.45) is 9.10. The Morgan fingerprint density at radius 2 is 2.04 bits per heavy atom. The van der Waals surface area contributed by atoms with E-state index >= 15 is 0 Å². The number of allylic oxidation sites excluding steroid dienone is 3. The standard InChI is InChI=1S/C21H26N2O4/c1-21(2,3)20(25)23-12-16-10-9-15(19(24)22-26)11-18(16)27-13-17(23)14-7-5-4-6-8-14/h4-7,9-11,14,17,26H,8,12-13H2,1-3H3,(H,22,24)/t14?,17-/m1/s1. The van der Waals surface area contributed by atoms with E-state index in [9.17, 15) is 9.59 Å². The van der Waals surface area contributed by atoms with Crippen LogP contribution in [-0.4, -0.2) is 34.6 Å². The molecule has 2 N–H and O–H groups in total. The van der Waals surface area contributed by atoms with Gasteiger partial charge in [-0.25, -0.2) is 5.48 Å². The number of benzene rings is 1. The molecule has 144 valence electrons. The Morgan fingerprint density at radius 1 is 1.26 bits per heavy atom. The van der Waals surface area contributed by atoms with Gasteiger partial charge in [0.2, 0.25) is 5.91 Å². The molecule has 1 aliphatic heterocycles. The lowest BCUT2D eigenvalue weighted by Gasteiger charge is -2.37. The largest absolute Gasteiger partial charge is 0.491 e. The van der Waals surface area contributed by atoms with Crippen LogP contribution in [0.5, 0.6) is 5.75 Å². The number of fused-ring (bicyclic) bond motifs is 1. The molecule has 6 heteroatoms. The van der Waals surface area contributed by atoms with Crippen molar-refractivity contribution in [2.75, 3.05) is 6.61 Å². The van der Waals surface area contributed by atoms with E-state index < -0.39 is 11.3 Å². The molecule has 0 fully saturated rings. The molecule has 0 radical (unpaired) electrons. The quantitative estimate of drug-likeness (QED) is 0.619. The monoisotopic (exact) mass is 370 g/mol. The van der Waals surface area contributed by atoms with Crippen LogP contribution in [0.2, 0.25) is 0 Å². The van der Waals surface area contributed by atoms with E-state index in [4.69, 9.17) is 9.94 Å². The fourth-order valence-electron chi connectivity index (χ4n) is 3.48. The van der Waals surface area contributed by atoms with Crippen molar-refractivity contribution < 1.29 is 19.5 Å². The smallest absolute Gasteiger partial charge is 0.274 e. The van der Waals surface area contributed by atoms with E-state index in [-0.39, 0.29) is 17.9 Å². The third kappa shape index (κ3) is 4.06.